The first kappa shape index (κ1) is 14.8. The molecule has 8 heteroatoms. The average Bonchev–Trinajstić information content (AvgIpc) is 2.97. The number of nitrogens with two attached hydrogens (primary N) is 1. The molecule has 2 atom stereocenters. The second kappa shape index (κ2) is 5.94. The fourth-order valence-corrected chi connectivity index (χ4v) is 2.67. The number of nitrogens with zero attached hydrogens (tertiary/aromatic N) is 3. The fraction of sp³-hybridized carbons (Fsp3) is 0.357. The van der Waals surface area contributed by atoms with Crippen LogP contribution in [0.3, 0.4) is 0 Å². The van der Waals surface area contributed by atoms with Gasteiger partial charge in [-0.1, -0.05) is 11.6 Å². The maximum Gasteiger partial charge on any atom is 0.408 e. The molecular formula is C14H15ClN4O3. The quantitative estimate of drug-likeness (QED) is 0.880. The molecule has 1 unspecified atom stereocenters. The topological polar surface area (TPSA) is 105 Å². The lowest BCUT2D eigenvalue weighted by Gasteiger charge is -2.34. The lowest BCUT2D eigenvalue weighted by molar-refractivity contribution is 0.0898. The Morgan fingerprint density at radius 3 is 2.73 bits per heavy atom. The van der Waals surface area contributed by atoms with Gasteiger partial charge in [0.15, 0.2) is 0 Å². The molecule has 1 saturated heterocycles. The number of carboxylic acid groups (broad SMARTS) is 1. The molecular weight excluding hydrogens is 308 g/mol. The summed E-state index contributed by atoms with van der Waals surface area (Å²) in [5, 5.41) is 17.9. The summed E-state index contributed by atoms with van der Waals surface area (Å²) >= 11 is 5.84. The van der Waals surface area contributed by atoms with Crippen LogP contribution in [0.1, 0.15) is 24.8 Å². The number of hydrogen-bond acceptors (Lipinski definition) is 5. The molecule has 3 rings (SSSR count). The lowest BCUT2D eigenvalue weighted by Crippen LogP contribution is -2.47. The third-order valence-corrected chi connectivity index (χ3v) is 3.93. The Kier molecular flexibility index (Phi) is 4.00. The Labute approximate surface area is 131 Å². The average molecular weight is 323 g/mol. The number of aromatic nitrogens is 2. The zero-order valence-corrected chi connectivity index (χ0v) is 12.4. The maximum absolute atomic E-state index is 11.4. The first-order valence-corrected chi connectivity index (χ1v) is 7.27. The van der Waals surface area contributed by atoms with Gasteiger partial charge in [-0.2, -0.15) is 0 Å². The van der Waals surface area contributed by atoms with Crippen LogP contribution in [0.5, 0.6) is 0 Å². The maximum atomic E-state index is 11.4. The summed E-state index contributed by atoms with van der Waals surface area (Å²) in [6, 6.07) is 6.38. The molecule has 1 aromatic carbocycles. The lowest BCUT2D eigenvalue weighted by atomic mass is 9.99. The van der Waals surface area contributed by atoms with E-state index in [0.717, 1.165) is 5.56 Å². The largest absolute Gasteiger partial charge is 0.465 e. The molecule has 0 bridgehead atoms. The molecule has 116 valence electrons. The van der Waals surface area contributed by atoms with Crippen LogP contribution in [-0.4, -0.2) is 38.9 Å². The van der Waals surface area contributed by atoms with E-state index in [4.69, 9.17) is 21.8 Å². The molecule has 1 aliphatic rings. The number of hydrogen-bond donors (Lipinski definition) is 2. The summed E-state index contributed by atoms with van der Waals surface area (Å²) in [7, 11) is 0. The van der Waals surface area contributed by atoms with Gasteiger partial charge in [0.2, 0.25) is 11.8 Å². The van der Waals surface area contributed by atoms with Gasteiger partial charge in [0.05, 0.1) is 0 Å². The normalized spacial score (nSPS) is 21.8. The highest BCUT2D eigenvalue weighted by Gasteiger charge is 2.34. The summed E-state index contributed by atoms with van der Waals surface area (Å²) in [5.74, 6) is 0.631. The number of carbonyl (C=O) groups is 1. The van der Waals surface area contributed by atoms with Gasteiger partial charge in [0.1, 0.15) is 6.04 Å². The molecule has 1 fully saturated rings. The molecule has 2 aromatic rings. The van der Waals surface area contributed by atoms with Crippen molar-refractivity contribution >= 4 is 17.7 Å². The Morgan fingerprint density at radius 1 is 1.32 bits per heavy atom. The predicted molar refractivity (Wildman–Crippen MR) is 79.4 cm³/mol. The molecule has 1 amide bonds. The van der Waals surface area contributed by atoms with Crippen molar-refractivity contribution < 1.29 is 14.3 Å². The van der Waals surface area contributed by atoms with E-state index in [-0.39, 0.29) is 12.6 Å². The van der Waals surface area contributed by atoms with E-state index in [1.807, 2.05) is 0 Å². The van der Waals surface area contributed by atoms with Crippen molar-refractivity contribution in [1.29, 1.82) is 0 Å². The van der Waals surface area contributed by atoms with E-state index < -0.39 is 12.1 Å². The highest BCUT2D eigenvalue weighted by atomic mass is 35.5. The Morgan fingerprint density at radius 2 is 2.05 bits per heavy atom. The van der Waals surface area contributed by atoms with E-state index in [2.05, 4.69) is 10.2 Å². The number of halogens is 1. The van der Waals surface area contributed by atoms with E-state index in [0.29, 0.717) is 29.6 Å². The SMILES string of the molecule is NC1CC[C@H](c2nnc(-c3ccc(Cl)cc3)o2)N(C(=O)O)C1. The monoisotopic (exact) mass is 322 g/mol. The predicted octanol–water partition coefficient (Wildman–Crippen LogP) is 2.53. The van der Waals surface area contributed by atoms with E-state index in [1.165, 1.54) is 4.90 Å². The third kappa shape index (κ3) is 2.90. The van der Waals surface area contributed by atoms with Crippen molar-refractivity contribution in [3.05, 3.63) is 35.2 Å². The second-order valence-electron chi connectivity index (χ2n) is 5.24. The highest BCUT2D eigenvalue weighted by Crippen LogP contribution is 2.31. The number of amides is 1. The number of piperidine rings is 1. The minimum absolute atomic E-state index is 0.161. The minimum Gasteiger partial charge on any atom is -0.465 e. The molecule has 7 nitrogen and oxygen atoms in total. The van der Waals surface area contributed by atoms with Crippen LogP contribution in [0.25, 0.3) is 11.5 Å². The van der Waals surface area contributed by atoms with Crippen LogP contribution in [0, 0.1) is 0 Å². The number of rotatable bonds is 2. The standard InChI is InChI=1S/C14H15ClN4O3/c15-9-3-1-8(2-4-9)12-17-18-13(22-12)11-6-5-10(16)7-19(11)14(20)21/h1-4,10-11H,5-7,16H2,(H,20,21)/t10?,11-/m1/s1. The van der Waals surface area contributed by atoms with Crippen molar-refractivity contribution in [2.45, 2.75) is 24.9 Å². The second-order valence-corrected chi connectivity index (χ2v) is 5.68. The summed E-state index contributed by atoms with van der Waals surface area (Å²) in [6.07, 6.45) is 0.245. The van der Waals surface area contributed by atoms with Crippen LogP contribution < -0.4 is 5.73 Å². The molecule has 0 radical (unpaired) electrons. The summed E-state index contributed by atoms with van der Waals surface area (Å²) in [6.45, 7) is 0.263. The van der Waals surface area contributed by atoms with E-state index >= 15 is 0 Å². The van der Waals surface area contributed by atoms with Gasteiger partial charge in [-0.05, 0) is 37.1 Å². The third-order valence-electron chi connectivity index (χ3n) is 3.68. The van der Waals surface area contributed by atoms with Crippen LogP contribution in [0.2, 0.25) is 5.02 Å². The van der Waals surface area contributed by atoms with Crippen molar-refractivity contribution in [2.24, 2.45) is 5.73 Å². The Balaban J connectivity index is 1.86. The van der Waals surface area contributed by atoms with Gasteiger partial charge < -0.3 is 15.3 Å². The molecule has 2 heterocycles. The van der Waals surface area contributed by atoms with Crippen LogP contribution in [0.4, 0.5) is 4.79 Å². The number of benzene rings is 1. The van der Waals surface area contributed by atoms with Gasteiger partial charge in [-0.25, -0.2) is 4.79 Å². The molecule has 0 saturated carbocycles. The zero-order valence-electron chi connectivity index (χ0n) is 11.6. The molecule has 0 spiro atoms. The van der Waals surface area contributed by atoms with Gasteiger partial charge in [0, 0.05) is 23.2 Å². The van der Waals surface area contributed by atoms with Crippen molar-refractivity contribution in [3.63, 3.8) is 0 Å². The summed E-state index contributed by atoms with van der Waals surface area (Å²) in [5.41, 5.74) is 6.56. The molecule has 1 aliphatic heterocycles. The molecule has 1 aromatic heterocycles. The van der Waals surface area contributed by atoms with Gasteiger partial charge in [-0.15, -0.1) is 10.2 Å². The Bertz CT molecular complexity index is 673. The fourth-order valence-electron chi connectivity index (χ4n) is 2.55. The summed E-state index contributed by atoms with van der Waals surface area (Å²) in [4.78, 5) is 12.6. The molecule has 22 heavy (non-hydrogen) atoms. The van der Waals surface area contributed by atoms with E-state index in [1.54, 1.807) is 24.3 Å². The van der Waals surface area contributed by atoms with Crippen LogP contribution >= 0.6 is 11.6 Å². The van der Waals surface area contributed by atoms with Crippen LogP contribution in [0.15, 0.2) is 28.7 Å². The summed E-state index contributed by atoms with van der Waals surface area (Å²) < 4.78 is 5.65. The van der Waals surface area contributed by atoms with E-state index in [9.17, 15) is 9.90 Å². The molecule has 3 N–H and O–H groups in total. The van der Waals surface area contributed by atoms with Crippen molar-refractivity contribution in [2.75, 3.05) is 6.54 Å². The van der Waals surface area contributed by atoms with Crippen LogP contribution in [-0.2, 0) is 0 Å². The van der Waals surface area contributed by atoms with Gasteiger partial charge in [-0.3, -0.25) is 4.90 Å². The first-order chi connectivity index (χ1) is 10.5. The van der Waals surface area contributed by atoms with Crippen molar-refractivity contribution in [3.8, 4) is 11.5 Å². The highest BCUT2D eigenvalue weighted by molar-refractivity contribution is 6.30. The van der Waals surface area contributed by atoms with Gasteiger partial charge >= 0.3 is 6.09 Å². The number of likely N-dealkylation sites (tertiary alicyclic amines) is 1. The Hall–Kier alpha value is -2.12. The zero-order chi connectivity index (χ0) is 15.7. The van der Waals surface area contributed by atoms with Crippen molar-refractivity contribution in [1.82, 2.24) is 15.1 Å². The van der Waals surface area contributed by atoms with Gasteiger partial charge in [0.25, 0.3) is 0 Å². The molecule has 0 aliphatic carbocycles. The first-order valence-electron chi connectivity index (χ1n) is 6.89. The smallest absolute Gasteiger partial charge is 0.408 e. The minimum atomic E-state index is -1.04.